The first-order valence-electron chi connectivity index (χ1n) is 10.2. The summed E-state index contributed by atoms with van der Waals surface area (Å²) in [7, 11) is 0. The normalized spacial score (nSPS) is 19.9. The summed E-state index contributed by atoms with van der Waals surface area (Å²) in [5.74, 6) is 2.29. The molecule has 2 aromatic rings. The van der Waals surface area contributed by atoms with Crippen LogP contribution in [0.4, 0.5) is 0 Å². The van der Waals surface area contributed by atoms with Crippen molar-refractivity contribution in [2.75, 3.05) is 32.8 Å². The van der Waals surface area contributed by atoms with E-state index in [4.69, 9.17) is 9.47 Å². The van der Waals surface area contributed by atoms with E-state index in [-0.39, 0.29) is 12.0 Å². The number of carbonyl (C=O) groups excluding carboxylic acids is 1. The largest absolute Gasteiger partial charge is 0.486 e. The van der Waals surface area contributed by atoms with Crippen LogP contribution in [0, 0.1) is 5.92 Å². The average Bonchev–Trinajstić information content (AvgIpc) is 2.74. The number of amides is 1. The molecule has 2 aromatic carbocycles. The van der Waals surface area contributed by atoms with Gasteiger partial charge >= 0.3 is 0 Å². The van der Waals surface area contributed by atoms with Crippen molar-refractivity contribution in [2.45, 2.75) is 25.4 Å². The highest BCUT2D eigenvalue weighted by Gasteiger charge is 2.23. The third-order valence-corrected chi connectivity index (χ3v) is 5.54. The summed E-state index contributed by atoms with van der Waals surface area (Å²) in [6, 6.07) is 18.3. The molecule has 1 N–H and O–H groups in total. The Hall–Kier alpha value is -2.53. The molecule has 2 aliphatic heterocycles. The highest BCUT2D eigenvalue weighted by molar-refractivity contribution is 5.78. The number of likely N-dealkylation sites (tertiary alicyclic amines) is 1. The smallest absolute Gasteiger partial charge is 0.234 e. The van der Waals surface area contributed by atoms with Crippen molar-refractivity contribution in [1.82, 2.24) is 10.2 Å². The van der Waals surface area contributed by atoms with Crippen LogP contribution in [0.25, 0.3) is 0 Å². The number of piperidine rings is 1. The van der Waals surface area contributed by atoms with Crippen molar-refractivity contribution in [3.8, 4) is 11.5 Å². The Balaban J connectivity index is 1.15. The zero-order valence-corrected chi connectivity index (χ0v) is 16.2. The zero-order valence-electron chi connectivity index (χ0n) is 16.2. The van der Waals surface area contributed by atoms with E-state index in [1.807, 2.05) is 24.3 Å². The van der Waals surface area contributed by atoms with Gasteiger partial charge in [0.05, 0.1) is 13.1 Å². The van der Waals surface area contributed by atoms with Crippen molar-refractivity contribution < 1.29 is 14.3 Å². The molecule has 0 aliphatic carbocycles. The van der Waals surface area contributed by atoms with E-state index in [0.29, 0.717) is 19.7 Å². The lowest BCUT2D eigenvalue weighted by Gasteiger charge is -2.32. The summed E-state index contributed by atoms with van der Waals surface area (Å²) in [6.45, 7) is 3.37. The molecule has 0 aromatic heterocycles. The van der Waals surface area contributed by atoms with E-state index < -0.39 is 0 Å². The van der Waals surface area contributed by atoms with Crippen molar-refractivity contribution in [1.29, 1.82) is 0 Å². The van der Waals surface area contributed by atoms with E-state index in [9.17, 15) is 4.79 Å². The average molecular weight is 380 g/mol. The minimum atomic E-state index is -0.143. The van der Waals surface area contributed by atoms with Gasteiger partial charge < -0.3 is 14.8 Å². The van der Waals surface area contributed by atoms with Gasteiger partial charge in [0.15, 0.2) is 11.5 Å². The standard InChI is InChI=1S/C23H28N2O3/c26-23(24-15-20-17-27-21-8-4-5-9-22(21)28-20)16-25-12-10-19(11-13-25)14-18-6-2-1-3-7-18/h1-9,19-20H,10-17H2,(H,24,26). The molecule has 1 unspecified atom stereocenters. The minimum absolute atomic E-state index is 0.0592. The summed E-state index contributed by atoms with van der Waals surface area (Å²) >= 11 is 0. The van der Waals surface area contributed by atoms with E-state index >= 15 is 0 Å². The van der Waals surface area contributed by atoms with Crippen molar-refractivity contribution in [2.24, 2.45) is 5.92 Å². The molecule has 4 rings (SSSR count). The van der Waals surface area contributed by atoms with Gasteiger partial charge in [0.25, 0.3) is 0 Å². The second-order valence-electron chi connectivity index (χ2n) is 7.71. The van der Waals surface area contributed by atoms with Crippen LogP contribution in [0.15, 0.2) is 54.6 Å². The van der Waals surface area contributed by atoms with Gasteiger partial charge in [-0.05, 0) is 56.0 Å². The highest BCUT2D eigenvalue weighted by Crippen LogP contribution is 2.30. The summed E-state index contributed by atoms with van der Waals surface area (Å²) in [6.07, 6.45) is 3.30. The van der Waals surface area contributed by atoms with Gasteiger partial charge in [-0.15, -0.1) is 0 Å². The van der Waals surface area contributed by atoms with Crippen molar-refractivity contribution in [3.63, 3.8) is 0 Å². The Labute approximate surface area is 166 Å². The zero-order chi connectivity index (χ0) is 19.2. The van der Waals surface area contributed by atoms with Crippen LogP contribution in [-0.4, -0.2) is 49.7 Å². The third kappa shape index (κ3) is 5.04. The second-order valence-corrected chi connectivity index (χ2v) is 7.71. The van der Waals surface area contributed by atoms with Crippen LogP contribution in [0.3, 0.4) is 0 Å². The number of nitrogens with zero attached hydrogens (tertiary/aromatic N) is 1. The summed E-state index contributed by atoms with van der Waals surface area (Å²) in [5, 5.41) is 3.00. The van der Waals surface area contributed by atoms with E-state index in [1.165, 1.54) is 5.56 Å². The molecular formula is C23H28N2O3. The third-order valence-electron chi connectivity index (χ3n) is 5.54. The highest BCUT2D eigenvalue weighted by atomic mass is 16.6. The van der Waals surface area contributed by atoms with E-state index in [1.54, 1.807) is 0 Å². The molecule has 1 fully saturated rings. The van der Waals surface area contributed by atoms with Crippen LogP contribution in [0.5, 0.6) is 11.5 Å². The maximum absolute atomic E-state index is 12.3. The first kappa shape index (κ1) is 18.8. The quantitative estimate of drug-likeness (QED) is 0.837. The van der Waals surface area contributed by atoms with Gasteiger partial charge in [-0.3, -0.25) is 9.69 Å². The molecule has 0 saturated carbocycles. The number of rotatable bonds is 6. The lowest BCUT2D eigenvalue weighted by molar-refractivity contribution is -0.123. The molecule has 5 heteroatoms. The van der Waals surface area contributed by atoms with Gasteiger partial charge in [-0.1, -0.05) is 42.5 Å². The number of hydrogen-bond acceptors (Lipinski definition) is 4. The molecule has 0 spiro atoms. The molecule has 1 atom stereocenters. The topological polar surface area (TPSA) is 50.8 Å². The van der Waals surface area contributed by atoms with Crippen LogP contribution in [0.1, 0.15) is 18.4 Å². The Morgan fingerprint density at radius 3 is 2.50 bits per heavy atom. The predicted molar refractivity (Wildman–Crippen MR) is 109 cm³/mol. The number of fused-ring (bicyclic) bond motifs is 1. The Bertz CT molecular complexity index is 772. The number of hydrogen-bond donors (Lipinski definition) is 1. The maximum Gasteiger partial charge on any atom is 0.234 e. The number of carbonyl (C=O) groups is 1. The SMILES string of the molecule is O=C(CN1CCC(Cc2ccccc2)CC1)NCC1COc2ccccc2O1. The first-order valence-corrected chi connectivity index (χ1v) is 10.2. The van der Waals surface area contributed by atoms with Crippen LogP contribution >= 0.6 is 0 Å². The molecule has 1 saturated heterocycles. The number of benzene rings is 2. The van der Waals surface area contributed by atoms with E-state index in [2.05, 4.69) is 40.5 Å². The Morgan fingerprint density at radius 2 is 1.71 bits per heavy atom. The molecule has 1 amide bonds. The monoisotopic (exact) mass is 380 g/mol. The summed E-state index contributed by atoms with van der Waals surface area (Å²) in [4.78, 5) is 14.6. The van der Waals surface area contributed by atoms with Gasteiger partial charge in [0.2, 0.25) is 5.91 Å². The van der Waals surface area contributed by atoms with Crippen LogP contribution in [0.2, 0.25) is 0 Å². The van der Waals surface area contributed by atoms with Gasteiger partial charge in [0, 0.05) is 0 Å². The number of para-hydroxylation sites is 2. The molecule has 148 valence electrons. The maximum atomic E-state index is 12.3. The van der Waals surface area contributed by atoms with Crippen LogP contribution < -0.4 is 14.8 Å². The number of ether oxygens (including phenoxy) is 2. The lowest BCUT2D eigenvalue weighted by atomic mass is 9.90. The van der Waals surface area contributed by atoms with E-state index in [0.717, 1.165) is 49.8 Å². The first-order chi connectivity index (χ1) is 13.8. The fraction of sp³-hybridized carbons (Fsp3) is 0.435. The molecule has 2 heterocycles. The summed E-state index contributed by atoms with van der Waals surface area (Å²) in [5.41, 5.74) is 1.41. The predicted octanol–water partition coefficient (Wildman–Crippen LogP) is 2.90. The molecule has 0 radical (unpaired) electrons. The molecule has 2 aliphatic rings. The molecule has 0 bridgehead atoms. The molecule has 5 nitrogen and oxygen atoms in total. The van der Waals surface area contributed by atoms with Gasteiger partial charge in [-0.25, -0.2) is 0 Å². The molecular weight excluding hydrogens is 352 g/mol. The Morgan fingerprint density at radius 1 is 1.00 bits per heavy atom. The minimum Gasteiger partial charge on any atom is -0.486 e. The fourth-order valence-corrected chi connectivity index (χ4v) is 3.95. The van der Waals surface area contributed by atoms with Gasteiger partial charge in [-0.2, -0.15) is 0 Å². The molecule has 28 heavy (non-hydrogen) atoms. The summed E-state index contributed by atoms with van der Waals surface area (Å²) < 4.78 is 11.6. The Kier molecular flexibility index (Phi) is 6.12. The van der Waals surface area contributed by atoms with Crippen molar-refractivity contribution >= 4 is 5.91 Å². The van der Waals surface area contributed by atoms with Crippen LogP contribution in [-0.2, 0) is 11.2 Å². The number of nitrogens with one attached hydrogen (secondary N) is 1. The second kappa shape index (κ2) is 9.11. The van der Waals surface area contributed by atoms with Gasteiger partial charge in [0.1, 0.15) is 12.7 Å². The fourth-order valence-electron chi connectivity index (χ4n) is 3.95. The lowest BCUT2D eigenvalue weighted by Crippen LogP contribution is -2.45. The van der Waals surface area contributed by atoms with Crippen molar-refractivity contribution in [3.05, 3.63) is 60.2 Å².